The van der Waals surface area contributed by atoms with Crippen molar-refractivity contribution in [2.75, 3.05) is 20.7 Å². The summed E-state index contributed by atoms with van der Waals surface area (Å²) in [5, 5.41) is 21.1. The van der Waals surface area contributed by atoms with Crippen molar-refractivity contribution in [1.29, 1.82) is 0 Å². The highest BCUT2D eigenvalue weighted by Crippen LogP contribution is 2.43. The molecule has 1 fully saturated rings. The summed E-state index contributed by atoms with van der Waals surface area (Å²) in [5.41, 5.74) is 4.69. The highest BCUT2D eigenvalue weighted by molar-refractivity contribution is 6.06. The number of nitro groups is 1. The number of methoxy groups -OCH3 is 1. The maximum Gasteiger partial charge on any atom is 0.310 e. The van der Waals surface area contributed by atoms with Crippen molar-refractivity contribution in [1.82, 2.24) is 9.88 Å². The number of aromatic amines is 1. The van der Waals surface area contributed by atoms with Crippen molar-refractivity contribution in [3.63, 3.8) is 0 Å². The van der Waals surface area contributed by atoms with E-state index in [0.717, 1.165) is 46.4 Å². The fraction of sp³-hybridized carbons (Fsp3) is 0.393. The zero-order valence-corrected chi connectivity index (χ0v) is 21.3. The lowest BCUT2D eigenvalue weighted by Crippen LogP contribution is -2.56. The van der Waals surface area contributed by atoms with Gasteiger partial charge < -0.3 is 14.6 Å². The first-order chi connectivity index (χ1) is 17.9. The van der Waals surface area contributed by atoms with Crippen LogP contribution in [0.2, 0.25) is 0 Å². The van der Waals surface area contributed by atoms with Gasteiger partial charge in [-0.05, 0) is 61.1 Å². The number of ether oxygens (including phenoxy) is 1. The minimum Gasteiger partial charge on any atom is -0.469 e. The highest BCUT2D eigenvalue weighted by atomic mass is 16.6. The van der Waals surface area contributed by atoms with Crippen molar-refractivity contribution in [2.45, 2.75) is 32.2 Å². The topological polar surface area (TPSA) is 113 Å². The molecule has 5 rings (SSSR count). The Morgan fingerprint density at radius 3 is 2.68 bits per heavy atom. The van der Waals surface area contributed by atoms with Gasteiger partial charge in [0.05, 0.1) is 35.6 Å². The molecular weight excluding hydrogens is 470 g/mol. The summed E-state index contributed by atoms with van der Waals surface area (Å²) >= 11 is 0. The van der Waals surface area contributed by atoms with Gasteiger partial charge in [0, 0.05) is 35.6 Å². The summed E-state index contributed by atoms with van der Waals surface area (Å²) in [7, 11) is 3.58. The quantitative estimate of drug-likeness (QED) is 0.238. The number of carbonyl (C=O) groups is 1. The zero-order chi connectivity index (χ0) is 26.1. The van der Waals surface area contributed by atoms with Gasteiger partial charge in [0.2, 0.25) is 0 Å². The molecule has 0 radical (unpaired) electrons. The molecule has 4 atom stereocenters. The fourth-order valence-corrected chi connectivity index (χ4v) is 6.10. The largest absolute Gasteiger partial charge is 0.469 e. The number of para-hydroxylation sites is 1. The van der Waals surface area contributed by atoms with Crippen LogP contribution >= 0.6 is 0 Å². The molecule has 0 amide bonds. The Bertz CT molecular complexity index is 1380. The number of H-pyrrole nitrogens is 1. The standard InChI is InChI=1S/C28H31N5O4/c1-4-18-16-32(2)25-14-22-20-7-5-6-8-23(20)30-27(22)24(13-21(18)26(25)28(34)37-3)31-29-15-17-9-11-19(12-10-17)33(35)36/h5-12,15,18,21,25-26,30H,4,13-14,16H2,1-3H3/b29-15-,31-24+/t18-,21+,25-,26+/m0/s1. The lowest BCUT2D eigenvalue weighted by atomic mass is 9.67. The van der Waals surface area contributed by atoms with E-state index < -0.39 is 4.92 Å². The molecule has 3 aromatic rings. The summed E-state index contributed by atoms with van der Waals surface area (Å²) < 4.78 is 5.33. The normalized spacial score (nSPS) is 25.1. The second-order valence-electron chi connectivity index (χ2n) is 9.96. The Balaban J connectivity index is 1.61. The maximum atomic E-state index is 13.2. The van der Waals surface area contributed by atoms with Crippen LogP contribution in [-0.4, -0.2) is 59.4 Å². The second kappa shape index (κ2) is 10.3. The van der Waals surface area contributed by atoms with Crippen LogP contribution in [0.3, 0.4) is 0 Å². The first-order valence-electron chi connectivity index (χ1n) is 12.6. The molecule has 1 N–H and O–H groups in total. The molecule has 9 nitrogen and oxygen atoms in total. The molecule has 0 spiro atoms. The van der Waals surface area contributed by atoms with E-state index in [1.807, 2.05) is 12.1 Å². The van der Waals surface area contributed by atoms with Crippen LogP contribution in [0.4, 0.5) is 5.69 Å². The molecule has 1 aliphatic heterocycles. The van der Waals surface area contributed by atoms with Gasteiger partial charge in [-0.15, -0.1) is 0 Å². The van der Waals surface area contributed by atoms with E-state index in [2.05, 4.69) is 46.2 Å². The molecule has 2 heterocycles. The first-order valence-corrected chi connectivity index (χ1v) is 12.6. The first kappa shape index (κ1) is 24.8. The van der Waals surface area contributed by atoms with Crippen molar-refractivity contribution in [3.8, 4) is 0 Å². The van der Waals surface area contributed by atoms with E-state index >= 15 is 0 Å². The van der Waals surface area contributed by atoms with Crippen LogP contribution in [0.1, 0.15) is 36.6 Å². The van der Waals surface area contributed by atoms with Crippen LogP contribution in [0, 0.1) is 27.9 Å². The van der Waals surface area contributed by atoms with Gasteiger partial charge in [-0.25, -0.2) is 0 Å². The van der Waals surface area contributed by atoms with E-state index in [9.17, 15) is 14.9 Å². The minimum atomic E-state index is -0.427. The number of benzene rings is 2. The summed E-state index contributed by atoms with van der Waals surface area (Å²) in [6.07, 6.45) is 3.85. The van der Waals surface area contributed by atoms with E-state index in [1.165, 1.54) is 19.2 Å². The third-order valence-electron chi connectivity index (χ3n) is 8.00. The lowest BCUT2D eigenvalue weighted by molar-refractivity contribution is -0.384. The Kier molecular flexibility index (Phi) is 6.88. The van der Waals surface area contributed by atoms with Gasteiger partial charge in [-0.3, -0.25) is 14.9 Å². The SMILES string of the molecule is CC[C@H]1CN(C)[C@H]2Cc3c([nH]c4ccccc34)/C(=N/N=C\c3ccc([N+](=O)[O-])cc3)C[C@H]1[C@H]2C(=O)OC. The molecule has 2 aliphatic rings. The maximum absolute atomic E-state index is 13.2. The van der Waals surface area contributed by atoms with Crippen molar-refractivity contribution in [3.05, 3.63) is 75.5 Å². The van der Waals surface area contributed by atoms with Crippen molar-refractivity contribution >= 4 is 34.5 Å². The molecule has 1 saturated heterocycles. The number of nitrogens with one attached hydrogen (secondary N) is 1. The number of piperidine rings is 1. The summed E-state index contributed by atoms with van der Waals surface area (Å²) in [4.78, 5) is 29.6. The number of carbonyl (C=O) groups excluding carboxylic acids is 1. The summed E-state index contributed by atoms with van der Waals surface area (Å²) in [5.74, 6) is -0.0388. The molecule has 1 aliphatic carbocycles. The second-order valence-corrected chi connectivity index (χ2v) is 9.96. The number of nitro benzene ring substituents is 1. The third-order valence-corrected chi connectivity index (χ3v) is 8.00. The monoisotopic (exact) mass is 501 g/mol. The summed E-state index contributed by atoms with van der Waals surface area (Å²) in [6, 6.07) is 14.4. The van der Waals surface area contributed by atoms with Gasteiger partial charge in [-0.1, -0.05) is 31.5 Å². The molecule has 2 aromatic carbocycles. The van der Waals surface area contributed by atoms with Gasteiger partial charge in [-0.2, -0.15) is 10.2 Å². The number of non-ortho nitro benzene ring substituents is 1. The molecule has 0 unspecified atom stereocenters. The molecular formula is C28H31N5O4. The van der Waals surface area contributed by atoms with Crippen LogP contribution in [-0.2, 0) is 16.0 Å². The third kappa shape index (κ3) is 4.67. The van der Waals surface area contributed by atoms with E-state index in [-0.39, 0.29) is 29.5 Å². The van der Waals surface area contributed by atoms with E-state index in [1.54, 1.807) is 18.3 Å². The van der Waals surface area contributed by atoms with E-state index in [4.69, 9.17) is 4.74 Å². The minimum absolute atomic E-state index is 0.0301. The van der Waals surface area contributed by atoms with Crippen LogP contribution in [0.15, 0.2) is 58.7 Å². The van der Waals surface area contributed by atoms with Crippen molar-refractivity contribution in [2.24, 2.45) is 28.0 Å². The van der Waals surface area contributed by atoms with Gasteiger partial charge in [0.1, 0.15) is 0 Å². The van der Waals surface area contributed by atoms with Crippen LogP contribution in [0.5, 0.6) is 0 Å². The molecule has 192 valence electrons. The Morgan fingerprint density at radius 2 is 1.97 bits per heavy atom. The van der Waals surface area contributed by atoms with Crippen LogP contribution < -0.4 is 0 Å². The number of fused-ring (bicyclic) bond motifs is 5. The average Bonchev–Trinajstić information content (AvgIpc) is 3.26. The number of aromatic nitrogens is 1. The zero-order valence-electron chi connectivity index (χ0n) is 21.3. The number of likely N-dealkylation sites (tertiary alicyclic amines) is 1. The number of nitrogens with zero attached hydrogens (tertiary/aromatic N) is 4. The average molecular weight is 502 g/mol. The van der Waals surface area contributed by atoms with Crippen molar-refractivity contribution < 1.29 is 14.5 Å². The number of esters is 1. The summed E-state index contributed by atoms with van der Waals surface area (Å²) in [6.45, 7) is 3.08. The highest BCUT2D eigenvalue weighted by Gasteiger charge is 2.48. The molecule has 2 bridgehead atoms. The number of hydrogen-bond donors (Lipinski definition) is 1. The van der Waals surface area contributed by atoms with Gasteiger partial charge >= 0.3 is 5.97 Å². The Hall–Kier alpha value is -3.85. The Labute approximate surface area is 215 Å². The molecule has 9 heteroatoms. The number of likely N-dealkylation sites (N-methyl/N-ethyl adjacent to an activating group) is 1. The Morgan fingerprint density at radius 1 is 1.22 bits per heavy atom. The number of hydrogen-bond acceptors (Lipinski definition) is 7. The predicted octanol–water partition coefficient (Wildman–Crippen LogP) is 4.59. The van der Waals surface area contributed by atoms with Gasteiger partial charge in [0.15, 0.2) is 0 Å². The smallest absolute Gasteiger partial charge is 0.310 e. The molecule has 0 saturated carbocycles. The fourth-order valence-electron chi connectivity index (χ4n) is 6.10. The predicted molar refractivity (Wildman–Crippen MR) is 143 cm³/mol. The molecule has 1 aromatic heterocycles. The van der Waals surface area contributed by atoms with E-state index in [0.29, 0.717) is 18.8 Å². The van der Waals surface area contributed by atoms with Crippen LogP contribution in [0.25, 0.3) is 10.9 Å². The van der Waals surface area contributed by atoms with Gasteiger partial charge in [0.25, 0.3) is 5.69 Å². The molecule has 37 heavy (non-hydrogen) atoms. The number of rotatable bonds is 5. The lowest BCUT2D eigenvalue weighted by Gasteiger charge is -2.48.